The van der Waals surface area contributed by atoms with E-state index >= 15 is 0 Å². The van der Waals surface area contributed by atoms with Crippen LogP contribution in [0.3, 0.4) is 0 Å². The maximum atomic E-state index is 13.7. The highest BCUT2D eigenvalue weighted by Crippen LogP contribution is 2.34. The number of hydrogen-bond acceptors (Lipinski definition) is 9. The molecule has 322 valence electrons. The second-order valence-corrected chi connectivity index (χ2v) is 16.1. The van der Waals surface area contributed by atoms with E-state index in [1.807, 2.05) is 24.8 Å². The zero-order valence-electron chi connectivity index (χ0n) is 35.5. The normalized spacial score (nSPS) is 19.6. The summed E-state index contributed by atoms with van der Waals surface area (Å²) in [7, 11) is 4.33. The van der Waals surface area contributed by atoms with Crippen LogP contribution < -0.4 is 10.6 Å². The van der Waals surface area contributed by atoms with Gasteiger partial charge in [0, 0.05) is 26.8 Å². The van der Waals surface area contributed by atoms with Crippen LogP contribution in [0.5, 0.6) is 0 Å². The van der Waals surface area contributed by atoms with Crippen molar-refractivity contribution >= 4 is 35.0 Å². The van der Waals surface area contributed by atoms with Gasteiger partial charge >= 0.3 is 12.2 Å². The maximum Gasteiger partial charge on any atom is 0.407 e. The highest BCUT2D eigenvalue weighted by atomic mass is 16.5. The molecule has 2 aromatic heterocycles. The van der Waals surface area contributed by atoms with E-state index in [0.29, 0.717) is 38.4 Å². The third-order valence-corrected chi connectivity index (χ3v) is 11.8. The van der Waals surface area contributed by atoms with E-state index in [1.165, 1.54) is 14.2 Å². The fraction of sp³-hybridized carbons (Fsp3) is 0.435. The molecule has 4 N–H and O–H groups in total. The molecular weight excluding hydrogens is 777 g/mol. The number of methoxy groups -OCH3 is 2. The Hall–Kier alpha value is -6.22. The lowest BCUT2D eigenvalue weighted by molar-refractivity contribution is -0.136. The molecule has 2 aliphatic rings. The van der Waals surface area contributed by atoms with Crippen LogP contribution in [0.2, 0.25) is 0 Å². The maximum absolute atomic E-state index is 13.7. The molecule has 61 heavy (non-hydrogen) atoms. The van der Waals surface area contributed by atoms with Crippen molar-refractivity contribution in [2.75, 3.05) is 41.0 Å². The molecule has 4 amide bonds. The Balaban J connectivity index is 1.03. The largest absolute Gasteiger partial charge is 0.453 e. The highest BCUT2D eigenvalue weighted by Gasteiger charge is 2.38. The van der Waals surface area contributed by atoms with Crippen LogP contribution in [0.4, 0.5) is 9.59 Å². The van der Waals surface area contributed by atoms with Crippen molar-refractivity contribution in [1.82, 2.24) is 40.4 Å². The summed E-state index contributed by atoms with van der Waals surface area (Å²) in [4.78, 5) is 71.4. The zero-order chi connectivity index (χ0) is 43.0. The number of likely N-dealkylation sites (N-methyl/N-ethyl adjacent to an activating group) is 1. The third kappa shape index (κ3) is 9.88. The second kappa shape index (κ2) is 19.4. The van der Waals surface area contributed by atoms with Crippen molar-refractivity contribution in [2.24, 2.45) is 5.92 Å². The van der Waals surface area contributed by atoms with Gasteiger partial charge in [0.1, 0.15) is 23.7 Å². The lowest BCUT2D eigenvalue weighted by Gasteiger charge is -2.31. The number of rotatable bonds is 9. The number of carbonyl (C=O) groups excluding carboxylic acids is 4. The molecule has 4 atom stereocenters. The van der Waals surface area contributed by atoms with Crippen LogP contribution in [-0.2, 0) is 23.8 Å². The summed E-state index contributed by atoms with van der Waals surface area (Å²) in [6, 6.07) is 20.9. The van der Waals surface area contributed by atoms with E-state index in [0.717, 1.165) is 82.5 Å². The van der Waals surface area contributed by atoms with E-state index in [-0.39, 0.29) is 29.8 Å². The van der Waals surface area contributed by atoms with Crippen molar-refractivity contribution in [3.63, 3.8) is 0 Å². The van der Waals surface area contributed by atoms with Gasteiger partial charge in [0.05, 0.1) is 49.2 Å². The summed E-state index contributed by atoms with van der Waals surface area (Å²) in [5.74, 6) is 0.935. The van der Waals surface area contributed by atoms with Gasteiger partial charge in [-0.1, -0.05) is 81.3 Å². The molecule has 2 saturated heterocycles. The topological polar surface area (TPSA) is 184 Å². The van der Waals surface area contributed by atoms with Crippen molar-refractivity contribution in [2.45, 2.75) is 83.0 Å². The molecule has 0 saturated carbocycles. The first-order chi connectivity index (χ1) is 29.5. The van der Waals surface area contributed by atoms with Gasteiger partial charge in [0.15, 0.2) is 0 Å². The number of fused-ring (bicyclic) bond motifs is 1. The molecule has 0 unspecified atom stereocenters. The van der Waals surface area contributed by atoms with E-state index < -0.39 is 24.3 Å². The number of alkyl carbamates (subject to hydrolysis) is 2. The Labute approximate surface area is 355 Å². The number of aromatic amines is 2. The fourth-order valence-corrected chi connectivity index (χ4v) is 8.31. The van der Waals surface area contributed by atoms with Gasteiger partial charge in [-0.25, -0.2) is 19.6 Å². The summed E-state index contributed by atoms with van der Waals surface area (Å²) < 4.78 is 15.5. The van der Waals surface area contributed by atoms with Gasteiger partial charge in [-0.15, -0.1) is 0 Å². The van der Waals surface area contributed by atoms with E-state index in [1.54, 1.807) is 18.1 Å². The average molecular weight is 833 g/mol. The number of imidazole rings is 2. The van der Waals surface area contributed by atoms with Gasteiger partial charge in [-0.05, 0) is 78.0 Å². The standard InChI is InChI=1S/C46H56N8O7/c1-28(2)40(52-46(58)60-5)44(56)54-23-9-11-39(54)42-48-34-21-20-33(26-36(34)49-42)31-14-12-29(13-15-31)30-16-18-32(19-17-30)37-27-47-41(50-37)38-22-25-61-24-8-6-7-10-35(43(55)53(38)3)51-45(57)59-4/h12-21,26-28,35,38-40H,6-11,22-25H2,1-5H3,(H,47,50)(H,48,49)(H,51,57)(H,52,58)/t35-,38-,39-,40-/m0/s1. The van der Waals surface area contributed by atoms with E-state index in [4.69, 9.17) is 24.2 Å². The number of nitrogens with one attached hydrogen (secondary N) is 4. The number of carbonyl (C=O) groups is 4. The predicted molar refractivity (Wildman–Crippen MR) is 231 cm³/mol. The quantitative estimate of drug-likeness (QED) is 0.117. The Morgan fingerprint density at radius 2 is 1.44 bits per heavy atom. The van der Waals surface area contributed by atoms with Crippen LogP contribution >= 0.6 is 0 Å². The Kier molecular flexibility index (Phi) is 13.7. The zero-order valence-corrected chi connectivity index (χ0v) is 35.5. The fourth-order valence-electron chi connectivity index (χ4n) is 8.31. The number of amides is 4. The first kappa shape index (κ1) is 42.9. The minimum Gasteiger partial charge on any atom is -0.453 e. The smallest absolute Gasteiger partial charge is 0.407 e. The lowest BCUT2D eigenvalue weighted by atomic mass is 9.99. The number of nitrogens with zero attached hydrogens (tertiary/aromatic N) is 4. The van der Waals surface area contributed by atoms with Crippen molar-refractivity contribution in [3.8, 4) is 33.5 Å². The molecule has 0 bridgehead atoms. The van der Waals surface area contributed by atoms with Gasteiger partial charge in [0.2, 0.25) is 11.8 Å². The molecule has 5 aromatic rings. The number of H-pyrrole nitrogens is 2. The van der Waals surface area contributed by atoms with E-state index in [2.05, 4.69) is 81.3 Å². The van der Waals surface area contributed by atoms with E-state index in [9.17, 15) is 19.2 Å². The number of hydrogen-bond donors (Lipinski definition) is 4. The molecule has 7 rings (SSSR count). The van der Waals surface area contributed by atoms with Crippen LogP contribution in [0.15, 0.2) is 72.9 Å². The molecular formula is C46H56N8O7. The summed E-state index contributed by atoms with van der Waals surface area (Å²) in [5.41, 5.74) is 7.73. The lowest BCUT2D eigenvalue weighted by Crippen LogP contribution is -2.51. The molecule has 2 aliphatic heterocycles. The molecule has 15 nitrogen and oxygen atoms in total. The minimum atomic E-state index is -0.693. The van der Waals surface area contributed by atoms with Gasteiger partial charge in [-0.3, -0.25) is 9.59 Å². The molecule has 0 radical (unpaired) electrons. The van der Waals surface area contributed by atoms with Gasteiger partial charge in [0.25, 0.3) is 0 Å². The number of likely N-dealkylation sites (tertiary alicyclic amines) is 1. The Morgan fingerprint density at radius 1 is 0.770 bits per heavy atom. The Morgan fingerprint density at radius 3 is 2.13 bits per heavy atom. The van der Waals surface area contributed by atoms with Crippen LogP contribution in [0, 0.1) is 5.92 Å². The highest BCUT2D eigenvalue weighted by molar-refractivity contribution is 5.87. The monoisotopic (exact) mass is 832 g/mol. The van der Waals surface area contributed by atoms with Crippen molar-refractivity contribution in [1.29, 1.82) is 0 Å². The third-order valence-electron chi connectivity index (χ3n) is 11.8. The van der Waals surface area contributed by atoms with Crippen molar-refractivity contribution in [3.05, 3.63) is 84.6 Å². The van der Waals surface area contributed by atoms with Crippen LogP contribution in [0.1, 0.15) is 82.5 Å². The van der Waals surface area contributed by atoms with Crippen LogP contribution in [-0.4, -0.2) is 107 Å². The molecule has 3 aromatic carbocycles. The number of aromatic nitrogens is 4. The second-order valence-electron chi connectivity index (χ2n) is 16.1. The van der Waals surface area contributed by atoms with Gasteiger partial charge < -0.3 is 44.6 Å². The Bertz CT molecular complexity index is 2300. The summed E-state index contributed by atoms with van der Waals surface area (Å²) in [5, 5.41) is 5.43. The molecule has 2 fully saturated rings. The predicted octanol–water partition coefficient (Wildman–Crippen LogP) is 7.54. The average Bonchev–Trinajstić information content (AvgIpc) is 4.06. The molecule has 0 spiro atoms. The van der Waals surface area contributed by atoms with Crippen molar-refractivity contribution < 1.29 is 33.4 Å². The summed E-state index contributed by atoms with van der Waals surface area (Å²) >= 11 is 0. The van der Waals surface area contributed by atoms with Crippen LogP contribution in [0.25, 0.3) is 44.5 Å². The first-order valence-corrected chi connectivity index (χ1v) is 21.1. The summed E-state index contributed by atoms with van der Waals surface area (Å²) in [6.07, 6.45) is 5.80. The molecule has 4 heterocycles. The number of ether oxygens (including phenoxy) is 3. The minimum absolute atomic E-state index is 0.109. The SMILES string of the molecule is COC(=O)N[C@H]1CCCCCOCC[C@@H](c2ncc(-c3ccc(-c4ccc(-c5ccc6nc([C@@H]7CCCN7C(=O)[C@@H](NC(=O)OC)C(C)C)[nH]c6c5)cc4)cc3)[nH]2)N(C)C1=O. The molecule has 15 heteroatoms. The first-order valence-electron chi connectivity index (χ1n) is 21.1. The summed E-state index contributed by atoms with van der Waals surface area (Å²) in [6.45, 7) is 5.52. The van der Waals surface area contributed by atoms with Gasteiger partial charge in [-0.2, -0.15) is 0 Å². The molecule has 0 aliphatic carbocycles. The number of benzene rings is 3.